The summed E-state index contributed by atoms with van der Waals surface area (Å²) in [4.78, 5) is 23.4. The van der Waals surface area contributed by atoms with Gasteiger partial charge in [-0.3, -0.25) is 4.79 Å². The van der Waals surface area contributed by atoms with Crippen molar-refractivity contribution in [1.82, 2.24) is 10.5 Å². The van der Waals surface area contributed by atoms with Gasteiger partial charge in [0.15, 0.2) is 5.54 Å². The summed E-state index contributed by atoms with van der Waals surface area (Å²) in [5, 5.41) is 15.4. The molecular weight excluding hydrogens is 288 g/mol. The molecule has 0 aliphatic heterocycles. The number of aliphatic carboxylic acids is 1. The third-order valence-corrected chi connectivity index (χ3v) is 3.10. The molecule has 0 aliphatic carbocycles. The number of hydrogen-bond donors (Lipinski definition) is 2. The van der Waals surface area contributed by atoms with E-state index in [0.717, 1.165) is 5.56 Å². The van der Waals surface area contributed by atoms with E-state index in [1.54, 1.807) is 0 Å². The van der Waals surface area contributed by atoms with Crippen molar-refractivity contribution in [2.75, 3.05) is 13.7 Å². The van der Waals surface area contributed by atoms with Crippen molar-refractivity contribution in [2.24, 2.45) is 0 Å². The van der Waals surface area contributed by atoms with Crippen LogP contribution >= 0.6 is 0 Å². The number of aromatic nitrogens is 1. The highest BCUT2D eigenvalue weighted by atomic mass is 16.5. The number of amides is 1. The molecule has 0 aliphatic rings. The first-order chi connectivity index (χ1) is 10.5. The highest BCUT2D eigenvalue weighted by Crippen LogP contribution is 2.19. The van der Waals surface area contributed by atoms with E-state index in [-0.39, 0.29) is 12.4 Å². The Bertz CT molecular complexity index is 668. The van der Waals surface area contributed by atoms with Crippen LogP contribution in [0.1, 0.15) is 17.5 Å². The van der Waals surface area contributed by atoms with Gasteiger partial charge < -0.3 is 19.7 Å². The zero-order valence-electron chi connectivity index (χ0n) is 12.2. The molecule has 1 amide bonds. The second-order valence-electron chi connectivity index (χ2n) is 4.97. The number of nitrogens with zero attached hydrogens (tertiary/aromatic N) is 1. The number of carboxylic acid groups (broad SMARTS) is 1. The molecule has 7 nitrogen and oxygen atoms in total. The van der Waals surface area contributed by atoms with E-state index < -0.39 is 17.4 Å². The molecule has 0 spiro atoms. The first kappa shape index (κ1) is 15.7. The molecular formula is C15H16N2O5. The fourth-order valence-corrected chi connectivity index (χ4v) is 1.88. The second-order valence-corrected chi connectivity index (χ2v) is 4.97. The Kier molecular flexibility index (Phi) is 4.57. The quantitative estimate of drug-likeness (QED) is 0.839. The molecule has 0 radical (unpaired) electrons. The molecule has 1 unspecified atom stereocenters. The number of carbonyl (C=O) groups is 2. The normalized spacial score (nSPS) is 13.4. The maximum atomic E-state index is 12.1. The minimum atomic E-state index is -1.55. The number of ether oxygens (including phenoxy) is 1. The lowest BCUT2D eigenvalue weighted by Gasteiger charge is -2.24. The molecule has 22 heavy (non-hydrogen) atoms. The summed E-state index contributed by atoms with van der Waals surface area (Å²) in [6.07, 6.45) is 0. The number of carbonyl (C=O) groups excluding carboxylic acids is 1. The van der Waals surface area contributed by atoms with Gasteiger partial charge in [0, 0.05) is 18.7 Å². The molecule has 2 aromatic rings. The van der Waals surface area contributed by atoms with Crippen molar-refractivity contribution in [3.05, 3.63) is 42.2 Å². The van der Waals surface area contributed by atoms with Crippen molar-refractivity contribution in [1.29, 1.82) is 0 Å². The Balaban J connectivity index is 2.17. The number of methoxy groups -OCH3 is 1. The summed E-state index contributed by atoms with van der Waals surface area (Å²) in [5.41, 5.74) is -0.261. The van der Waals surface area contributed by atoms with Gasteiger partial charge in [0.25, 0.3) is 5.91 Å². The first-order valence-corrected chi connectivity index (χ1v) is 6.53. The fourth-order valence-electron chi connectivity index (χ4n) is 1.88. The maximum absolute atomic E-state index is 12.1. The van der Waals surface area contributed by atoms with E-state index in [1.165, 1.54) is 20.1 Å². The van der Waals surface area contributed by atoms with Gasteiger partial charge >= 0.3 is 5.97 Å². The Morgan fingerprint density at radius 3 is 2.64 bits per heavy atom. The summed E-state index contributed by atoms with van der Waals surface area (Å²) in [5.74, 6) is -1.94. The van der Waals surface area contributed by atoms with Crippen molar-refractivity contribution in [2.45, 2.75) is 12.5 Å². The van der Waals surface area contributed by atoms with Gasteiger partial charge in [-0.2, -0.15) is 0 Å². The summed E-state index contributed by atoms with van der Waals surface area (Å²) in [7, 11) is 1.36. The first-order valence-electron chi connectivity index (χ1n) is 6.53. The summed E-state index contributed by atoms with van der Waals surface area (Å²) >= 11 is 0. The average molecular weight is 304 g/mol. The van der Waals surface area contributed by atoms with Gasteiger partial charge in [-0.1, -0.05) is 35.5 Å². The van der Waals surface area contributed by atoms with E-state index in [9.17, 15) is 14.7 Å². The highest BCUT2D eigenvalue weighted by Gasteiger charge is 2.36. The maximum Gasteiger partial charge on any atom is 0.331 e. The molecule has 0 bridgehead atoms. The molecule has 1 aromatic heterocycles. The van der Waals surface area contributed by atoms with E-state index in [2.05, 4.69) is 10.5 Å². The van der Waals surface area contributed by atoms with Crippen molar-refractivity contribution >= 4 is 11.9 Å². The second kappa shape index (κ2) is 6.40. The lowest BCUT2D eigenvalue weighted by molar-refractivity contribution is -0.145. The lowest BCUT2D eigenvalue weighted by Crippen LogP contribution is -2.55. The topological polar surface area (TPSA) is 102 Å². The van der Waals surface area contributed by atoms with Crippen molar-refractivity contribution in [3.63, 3.8) is 0 Å². The van der Waals surface area contributed by atoms with Gasteiger partial charge in [-0.15, -0.1) is 0 Å². The van der Waals surface area contributed by atoms with Crippen LogP contribution in [0.3, 0.4) is 0 Å². The monoisotopic (exact) mass is 304 g/mol. The molecule has 0 saturated heterocycles. The van der Waals surface area contributed by atoms with Crippen LogP contribution in [-0.2, 0) is 9.53 Å². The van der Waals surface area contributed by atoms with Gasteiger partial charge in [0.1, 0.15) is 5.69 Å². The lowest BCUT2D eigenvalue weighted by atomic mass is 10.0. The fraction of sp³-hybridized carbons (Fsp3) is 0.267. The van der Waals surface area contributed by atoms with E-state index in [4.69, 9.17) is 9.26 Å². The number of nitrogens with one attached hydrogen (secondary N) is 1. The molecule has 2 N–H and O–H groups in total. The van der Waals surface area contributed by atoms with Crippen molar-refractivity contribution < 1.29 is 24.0 Å². The highest BCUT2D eigenvalue weighted by molar-refractivity contribution is 5.96. The summed E-state index contributed by atoms with van der Waals surface area (Å²) in [6.45, 7) is 1.18. The molecule has 0 fully saturated rings. The molecule has 116 valence electrons. The number of benzene rings is 1. The van der Waals surface area contributed by atoms with Gasteiger partial charge in [-0.25, -0.2) is 4.79 Å². The van der Waals surface area contributed by atoms with Gasteiger partial charge in [-0.05, 0) is 6.92 Å². The van der Waals surface area contributed by atoms with Gasteiger partial charge in [0.2, 0.25) is 5.76 Å². The standard InChI is InChI=1S/C15H16N2O5/c1-15(9-21-2,14(19)20)16-13(18)12-8-11(17-22-12)10-6-4-3-5-7-10/h3-8H,9H2,1-2H3,(H,16,18)(H,19,20). The average Bonchev–Trinajstić information content (AvgIpc) is 2.98. The van der Waals surface area contributed by atoms with E-state index in [0.29, 0.717) is 5.69 Å². The summed E-state index contributed by atoms with van der Waals surface area (Å²) < 4.78 is 9.83. The van der Waals surface area contributed by atoms with Crippen LogP contribution in [0.4, 0.5) is 0 Å². The smallest absolute Gasteiger partial charge is 0.331 e. The van der Waals surface area contributed by atoms with Crippen LogP contribution in [0, 0.1) is 0 Å². The van der Waals surface area contributed by atoms with Crippen LogP contribution in [0.15, 0.2) is 40.9 Å². The zero-order valence-corrected chi connectivity index (χ0v) is 12.2. The predicted molar refractivity (Wildman–Crippen MR) is 77.3 cm³/mol. The molecule has 2 rings (SSSR count). The Labute approximate surface area is 126 Å². The van der Waals surface area contributed by atoms with Crippen LogP contribution in [-0.4, -0.2) is 41.4 Å². The van der Waals surface area contributed by atoms with Crippen LogP contribution in [0.2, 0.25) is 0 Å². The van der Waals surface area contributed by atoms with E-state index >= 15 is 0 Å². The third kappa shape index (κ3) is 3.32. The summed E-state index contributed by atoms with van der Waals surface area (Å²) in [6, 6.07) is 10.6. The Hall–Kier alpha value is -2.67. The van der Waals surface area contributed by atoms with Crippen LogP contribution < -0.4 is 5.32 Å². The minimum Gasteiger partial charge on any atom is -0.479 e. The number of rotatable bonds is 6. The minimum absolute atomic E-state index is 0.0672. The van der Waals surface area contributed by atoms with E-state index in [1.807, 2.05) is 30.3 Å². The molecule has 1 heterocycles. The molecule has 1 atom stereocenters. The van der Waals surface area contributed by atoms with Crippen LogP contribution in [0.25, 0.3) is 11.3 Å². The van der Waals surface area contributed by atoms with Crippen molar-refractivity contribution in [3.8, 4) is 11.3 Å². The SMILES string of the molecule is COCC(C)(NC(=O)c1cc(-c2ccccc2)no1)C(=O)O. The number of hydrogen-bond acceptors (Lipinski definition) is 5. The zero-order chi connectivity index (χ0) is 16.2. The Morgan fingerprint density at radius 2 is 2.05 bits per heavy atom. The Morgan fingerprint density at radius 1 is 1.36 bits per heavy atom. The molecule has 7 heteroatoms. The van der Waals surface area contributed by atoms with Crippen LogP contribution in [0.5, 0.6) is 0 Å². The molecule has 1 aromatic carbocycles. The predicted octanol–water partition coefficient (Wildman–Crippen LogP) is 1.56. The number of carboxylic acids is 1. The van der Waals surface area contributed by atoms with Gasteiger partial charge in [0.05, 0.1) is 6.61 Å². The third-order valence-electron chi connectivity index (χ3n) is 3.10. The molecule has 0 saturated carbocycles. The largest absolute Gasteiger partial charge is 0.479 e.